The third-order valence-electron chi connectivity index (χ3n) is 1.78. The van der Waals surface area contributed by atoms with Crippen LogP contribution in [0, 0.1) is 6.92 Å². The summed E-state index contributed by atoms with van der Waals surface area (Å²) >= 11 is 1.32. The highest BCUT2D eigenvalue weighted by Crippen LogP contribution is 2.32. The highest BCUT2D eigenvalue weighted by Gasteiger charge is 2.16. The first-order valence-electron chi connectivity index (χ1n) is 4.07. The molecular formula is C8H8N4O2S. The van der Waals surface area contributed by atoms with E-state index in [0.29, 0.717) is 5.00 Å². The molecule has 0 saturated carbocycles. The van der Waals surface area contributed by atoms with Gasteiger partial charge in [0.05, 0.1) is 9.88 Å². The van der Waals surface area contributed by atoms with Crippen molar-refractivity contribution in [1.29, 1.82) is 0 Å². The molecule has 2 aromatic heterocycles. The topological polar surface area (TPSA) is 108 Å². The zero-order valence-electron chi connectivity index (χ0n) is 7.85. The largest absolute Gasteiger partial charge is 0.391 e. The standard InChI is InChI=1S/C8H8N4O2S/c1-3-2-4(9)15-5(3)8-11-7(6(10)13)12-14-8/h2H,9H2,1H3,(H2,10,13). The molecule has 1 amide bonds. The first-order chi connectivity index (χ1) is 7.08. The van der Waals surface area contributed by atoms with Crippen LogP contribution in [-0.2, 0) is 0 Å². The van der Waals surface area contributed by atoms with Gasteiger partial charge in [-0.2, -0.15) is 4.98 Å². The van der Waals surface area contributed by atoms with Gasteiger partial charge in [-0.05, 0) is 18.6 Å². The van der Waals surface area contributed by atoms with Crippen LogP contribution >= 0.6 is 11.3 Å². The molecule has 2 rings (SSSR count). The second kappa shape index (κ2) is 3.35. The predicted octanol–water partition coefficient (Wildman–Crippen LogP) is 0.788. The van der Waals surface area contributed by atoms with Crippen molar-refractivity contribution in [2.75, 3.05) is 5.73 Å². The quantitative estimate of drug-likeness (QED) is 0.783. The average Bonchev–Trinajstić information content (AvgIpc) is 2.71. The Morgan fingerprint density at radius 2 is 2.33 bits per heavy atom. The predicted molar refractivity (Wildman–Crippen MR) is 55.3 cm³/mol. The molecule has 7 heteroatoms. The molecule has 0 radical (unpaired) electrons. The molecule has 0 spiro atoms. The molecule has 0 bridgehead atoms. The van der Waals surface area contributed by atoms with Gasteiger partial charge in [0.2, 0.25) is 0 Å². The van der Waals surface area contributed by atoms with Crippen molar-refractivity contribution in [3.63, 3.8) is 0 Å². The molecule has 0 saturated heterocycles. The highest BCUT2D eigenvalue weighted by molar-refractivity contribution is 7.19. The highest BCUT2D eigenvalue weighted by atomic mass is 32.1. The van der Waals surface area contributed by atoms with E-state index < -0.39 is 5.91 Å². The number of rotatable bonds is 2. The summed E-state index contributed by atoms with van der Waals surface area (Å²) in [5.74, 6) is -0.577. The van der Waals surface area contributed by atoms with Crippen molar-refractivity contribution in [2.24, 2.45) is 5.73 Å². The van der Waals surface area contributed by atoms with Crippen molar-refractivity contribution >= 4 is 22.2 Å². The van der Waals surface area contributed by atoms with E-state index in [0.717, 1.165) is 10.4 Å². The van der Waals surface area contributed by atoms with Crippen molar-refractivity contribution in [3.05, 3.63) is 17.5 Å². The summed E-state index contributed by atoms with van der Waals surface area (Å²) in [6.45, 7) is 1.87. The van der Waals surface area contributed by atoms with Crippen molar-refractivity contribution in [1.82, 2.24) is 10.1 Å². The van der Waals surface area contributed by atoms with Gasteiger partial charge in [-0.3, -0.25) is 4.79 Å². The molecule has 15 heavy (non-hydrogen) atoms. The van der Waals surface area contributed by atoms with Crippen molar-refractivity contribution < 1.29 is 9.32 Å². The van der Waals surface area contributed by atoms with Crippen LogP contribution < -0.4 is 11.5 Å². The fourth-order valence-corrected chi connectivity index (χ4v) is 2.00. The molecule has 4 N–H and O–H groups in total. The number of carbonyl (C=O) groups is 1. The van der Waals surface area contributed by atoms with Crippen LogP contribution in [0.1, 0.15) is 16.2 Å². The molecule has 0 atom stereocenters. The summed E-state index contributed by atoms with van der Waals surface area (Å²) in [6.07, 6.45) is 0. The van der Waals surface area contributed by atoms with Gasteiger partial charge in [-0.25, -0.2) is 0 Å². The second-order valence-electron chi connectivity index (χ2n) is 2.95. The summed E-state index contributed by atoms with van der Waals surface area (Å²) in [5.41, 5.74) is 11.6. The van der Waals surface area contributed by atoms with E-state index in [1.54, 1.807) is 6.07 Å². The first kappa shape index (κ1) is 9.66. The molecule has 78 valence electrons. The molecular weight excluding hydrogens is 216 g/mol. The fourth-order valence-electron chi connectivity index (χ4n) is 1.13. The minimum absolute atomic E-state index is 0.128. The van der Waals surface area contributed by atoms with Gasteiger partial charge in [0, 0.05) is 0 Å². The van der Waals surface area contributed by atoms with Crippen molar-refractivity contribution in [2.45, 2.75) is 6.92 Å². The van der Waals surface area contributed by atoms with Gasteiger partial charge in [0.25, 0.3) is 17.6 Å². The van der Waals surface area contributed by atoms with E-state index in [9.17, 15) is 4.79 Å². The summed E-state index contributed by atoms with van der Waals surface area (Å²) in [7, 11) is 0. The lowest BCUT2D eigenvalue weighted by Crippen LogP contribution is -2.12. The number of thiophene rings is 1. The molecule has 0 fully saturated rings. The number of anilines is 1. The number of aromatic nitrogens is 2. The lowest BCUT2D eigenvalue weighted by molar-refractivity contribution is 0.0987. The summed E-state index contributed by atoms with van der Waals surface area (Å²) in [6, 6.07) is 1.80. The Morgan fingerprint density at radius 1 is 1.60 bits per heavy atom. The zero-order valence-corrected chi connectivity index (χ0v) is 8.67. The maximum Gasteiger partial charge on any atom is 0.290 e. The molecule has 0 aromatic carbocycles. The number of hydrogen-bond acceptors (Lipinski definition) is 6. The van der Waals surface area contributed by atoms with E-state index in [4.69, 9.17) is 16.0 Å². The van der Waals surface area contributed by atoms with Crippen LogP contribution in [0.4, 0.5) is 5.00 Å². The maximum atomic E-state index is 10.8. The van der Waals surface area contributed by atoms with E-state index >= 15 is 0 Å². The molecule has 0 aliphatic rings. The molecule has 0 aliphatic heterocycles. The van der Waals surface area contributed by atoms with Crippen molar-refractivity contribution in [3.8, 4) is 10.8 Å². The normalized spacial score (nSPS) is 10.5. The zero-order chi connectivity index (χ0) is 11.0. The SMILES string of the molecule is Cc1cc(N)sc1-c1nc(C(N)=O)no1. The Morgan fingerprint density at radius 3 is 2.80 bits per heavy atom. The maximum absolute atomic E-state index is 10.8. The van der Waals surface area contributed by atoms with Gasteiger partial charge in [-0.15, -0.1) is 11.3 Å². The molecule has 0 aliphatic carbocycles. The smallest absolute Gasteiger partial charge is 0.290 e. The van der Waals surface area contributed by atoms with Gasteiger partial charge in [0.15, 0.2) is 0 Å². The number of aryl methyl sites for hydroxylation is 1. The lowest BCUT2D eigenvalue weighted by atomic mass is 10.3. The van der Waals surface area contributed by atoms with E-state index in [1.807, 2.05) is 6.92 Å². The molecule has 2 aromatic rings. The number of nitrogen functional groups attached to an aromatic ring is 1. The van der Waals surface area contributed by atoms with Gasteiger partial charge in [-0.1, -0.05) is 5.16 Å². The second-order valence-corrected chi connectivity index (χ2v) is 4.03. The van der Waals surface area contributed by atoms with Crippen LogP contribution in [0.15, 0.2) is 10.6 Å². The molecule has 2 heterocycles. The van der Waals surface area contributed by atoms with Crippen LogP contribution in [0.2, 0.25) is 0 Å². The monoisotopic (exact) mass is 224 g/mol. The Labute approximate surface area is 88.9 Å². The van der Waals surface area contributed by atoms with Crippen LogP contribution in [0.25, 0.3) is 10.8 Å². The Bertz CT molecular complexity index is 516. The number of hydrogen-bond donors (Lipinski definition) is 2. The van der Waals surface area contributed by atoms with Crippen LogP contribution in [0.5, 0.6) is 0 Å². The minimum Gasteiger partial charge on any atom is -0.391 e. The number of primary amides is 1. The summed E-state index contributed by atoms with van der Waals surface area (Å²) in [4.78, 5) is 15.4. The van der Waals surface area contributed by atoms with E-state index in [2.05, 4.69) is 10.1 Å². The van der Waals surface area contributed by atoms with Gasteiger partial charge < -0.3 is 16.0 Å². The summed E-state index contributed by atoms with van der Waals surface area (Å²) < 4.78 is 4.90. The van der Waals surface area contributed by atoms with Gasteiger partial charge >= 0.3 is 0 Å². The first-order valence-corrected chi connectivity index (χ1v) is 4.89. The average molecular weight is 224 g/mol. The number of nitrogens with zero attached hydrogens (tertiary/aromatic N) is 2. The number of amides is 1. The Hall–Kier alpha value is -1.89. The minimum atomic E-state index is -0.716. The van der Waals surface area contributed by atoms with Crippen LogP contribution in [0.3, 0.4) is 0 Å². The Kier molecular flexibility index (Phi) is 2.16. The third-order valence-corrected chi connectivity index (χ3v) is 2.83. The molecule has 0 unspecified atom stereocenters. The van der Waals surface area contributed by atoms with E-state index in [-0.39, 0.29) is 11.7 Å². The van der Waals surface area contributed by atoms with Crippen LogP contribution in [-0.4, -0.2) is 16.0 Å². The number of carbonyl (C=O) groups excluding carboxylic acids is 1. The van der Waals surface area contributed by atoms with E-state index in [1.165, 1.54) is 11.3 Å². The number of nitrogens with two attached hydrogens (primary N) is 2. The lowest BCUT2D eigenvalue weighted by Gasteiger charge is -1.87. The third kappa shape index (κ3) is 1.68. The Balaban J connectivity index is 2.45. The summed E-state index contributed by atoms with van der Waals surface area (Å²) in [5, 5.41) is 4.10. The van der Waals surface area contributed by atoms with Gasteiger partial charge in [0.1, 0.15) is 0 Å². The fraction of sp³-hybridized carbons (Fsp3) is 0.125. The molecule has 6 nitrogen and oxygen atoms in total.